The standard InChI is InChI=1S/C14H20BrN3O2.2ClH/c1-20-10-14(4-6-16-7-5-14)9-18-13(19)12-3-2-11(15)8-17-12;;/h2-3,8,16H,4-7,9-10H2,1H3,(H,18,19);2*1H. The Morgan fingerprint density at radius 2 is 2.09 bits per heavy atom. The van der Waals surface area contributed by atoms with Crippen LogP contribution in [0.4, 0.5) is 0 Å². The van der Waals surface area contributed by atoms with Gasteiger partial charge in [0.2, 0.25) is 0 Å². The maximum atomic E-state index is 12.1. The highest BCUT2D eigenvalue weighted by Gasteiger charge is 2.32. The van der Waals surface area contributed by atoms with Crippen molar-refractivity contribution in [2.75, 3.05) is 33.4 Å². The summed E-state index contributed by atoms with van der Waals surface area (Å²) in [6.45, 7) is 3.23. The first-order valence-corrected chi connectivity index (χ1v) is 7.54. The number of pyridine rings is 1. The average Bonchev–Trinajstić information content (AvgIpc) is 2.47. The summed E-state index contributed by atoms with van der Waals surface area (Å²) < 4.78 is 6.20. The van der Waals surface area contributed by atoms with Gasteiger partial charge in [-0.2, -0.15) is 0 Å². The fourth-order valence-corrected chi connectivity index (χ4v) is 2.74. The Bertz CT molecular complexity index is 448. The summed E-state index contributed by atoms with van der Waals surface area (Å²) in [7, 11) is 1.71. The molecule has 0 radical (unpaired) electrons. The molecule has 0 saturated carbocycles. The second kappa shape index (κ2) is 10.4. The number of carbonyl (C=O) groups excluding carboxylic acids is 1. The van der Waals surface area contributed by atoms with Crippen molar-refractivity contribution in [3.8, 4) is 0 Å². The molecule has 5 nitrogen and oxygen atoms in total. The van der Waals surface area contributed by atoms with E-state index >= 15 is 0 Å². The lowest BCUT2D eigenvalue weighted by Crippen LogP contribution is -2.47. The third-order valence-corrected chi connectivity index (χ3v) is 4.17. The number of piperidine rings is 1. The van der Waals surface area contributed by atoms with Crippen molar-refractivity contribution in [2.24, 2.45) is 5.41 Å². The normalized spacial score (nSPS) is 16.1. The molecular formula is C14H22BrCl2N3O2. The van der Waals surface area contributed by atoms with Crippen LogP contribution in [0.1, 0.15) is 23.3 Å². The number of hydrogen-bond acceptors (Lipinski definition) is 4. The molecule has 0 atom stereocenters. The second-order valence-corrected chi connectivity index (χ2v) is 6.14. The van der Waals surface area contributed by atoms with E-state index in [1.54, 1.807) is 19.4 Å². The number of methoxy groups -OCH3 is 1. The Morgan fingerprint density at radius 1 is 1.41 bits per heavy atom. The number of amides is 1. The first-order valence-electron chi connectivity index (χ1n) is 6.75. The van der Waals surface area contributed by atoms with Crippen LogP contribution in [-0.2, 0) is 4.74 Å². The maximum Gasteiger partial charge on any atom is 0.269 e. The lowest BCUT2D eigenvalue weighted by atomic mass is 9.79. The number of nitrogens with zero attached hydrogens (tertiary/aromatic N) is 1. The molecule has 0 bridgehead atoms. The molecule has 2 heterocycles. The predicted octanol–water partition coefficient (Wildman–Crippen LogP) is 2.43. The van der Waals surface area contributed by atoms with Gasteiger partial charge in [-0.1, -0.05) is 0 Å². The number of hydrogen-bond donors (Lipinski definition) is 2. The van der Waals surface area contributed by atoms with E-state index in [0.717, 1.165) is 30.4 Å². The van der Waals surface area contributed by atoms with Crippen molar-refractivity contribution in [2.45, 2.75) is 12.8 Å². The smallest absolute Gasteiger partial charge is 0.269 e. The average molecular weight is 415 g/mol. The second-order valence-electron chi connectivity index (χ2n) is 5.23. The molecule has 1 aromatic heterocycles. The molecular weight excluding hydrogens is 393 g/mol. The molecule has 0 spiro atoms. The summed E-state index contributed by atoms with van der Waals surface area (Å²) in [6.07, 6.45) is 3.65. The zero-order valence-corrected chi connectivity index (χ0v) is 15.7. The molecule has 1 aromatic rings. The summed E-state index contributed by atoms with van der Waals surface area (Å²) in [4.78, 5) is 16.2. The van der Waals surface area contributed by atoms with E-state index in [1.807, 2.05) is 6.07 Å². The largest absolute Gasteiger partial charge is 0.384 e. The van der Waals surface area contributed by atoms with Crippen LogP contribution in [0, 0.1) is 5.41 Å². The molecule has 1 saturated heterocycles. The highest BCUT2D eigenvalue weighted by atomic mass is 79.9. The minimum absolute atomic E-state index is 0. The van der Waals surface area contributed by atoms with Gasteiger partial charge in [0.15, 0.2) is 0 Å². The SMILES string of the molecule is COCC1(CNC(=O)c2ccc(Br)cn2)CCNCC1.Cl.Cl. The van der Waals surface area contributed by atoms with E-state index in [0.29, 0.717) is 18.8 Å². The summed E-state index contributed by atoms with van der Waals surface area (Å²) in [6, 6.07) is 3.53. The number of rotatable bonds is 5. The summed E-state index contributed by atoms with van der Waals surface area (Å²) in [5.41, 5.74) is 0.472. The van der Waals surface area contributed by atoms with Gasteiger partial charge in [-0.3, -0.25) is 4.79 Å². The van der Waals surface area contributed by atoms with Crippen LogP contribution in [0.5, 0.6) is 0 Å². The number of carbonyl (C=O) groups is 1. The van der Waals surface area contributed by atoms with Crippen molar-refractivity contribution in [1.29, 1.82) is 0 Å². The van der Waals surface area contributed by atoms with Crippen LogP contribution in [0.2, 0.25) is 0 Å². The first-order chi connectivity index (χ1) is 9.65. The third-order valence-electron chi connectivity index (χ3n) is 3.70. The molecule has 0 aliphatic carbocycles. The van der Waals surface area contributed by atoms with Crippen LogP contribution in [-0.4, -0.2) is 44.2 Å². The van der Waals surface area contributed by atoms with Gasteiger partial charge in [0, 0.05) is 29.7 Å². The molecule has 0 unspecified atom stereocenters. The van der Waals surface area contributed by atoms with Crippen LogP contribution < -0.4 is 10.6 Å². The Labute approximate surface area is 151 Å². The molecule has 126 valence electrons. The van der Waals surface area contributed by atoms with Gasteiger partial charge in [0.05, 0.1) is 6.61 Å². The van der Waals surface area contributed by atoms with Crippen LogP contribution in [0.3, 0.4) is 0 Å². The van der Waals surface area contributed by atoms with Gasteiger partial charge in [-0.25, -0.2) is 4.98 Å². The lowest BCUT2D eigenvalue weighted by Gasteiger charge is -2.37. The van der Waals surface area contributed by atoms with Gasteiger partial charge in [-0.05, 0) is 54.0 Å². The molecule has 2 rings (SSSR count). The molecule has 22 heavy (non-hydrogen) atoms. The van der Waals surface area contributed by atoms with E-state index in [4.69, 9.17) is 4.74 Å². The van der Waals surface area contributed by atoms with E-state index in [2.05, 4.69) is 31.5 Å². The maximum absolute atomic E-state index is 12.1. The van der Waals surface area contributed by atoms with Gasteiger partial charge in [0.25, 0.3) is 5.91 Å². The molecule has 1 aliphatic rings. The van der Waals surface area contributed by atoms with Crippen molar-refractivity contribution >= 4 is 46.7 Å². The molecule has 8 heteroatoms. The molecule has 1 aliphatic heterocycles. The minimum atomic E-state index is -0.133. The van der Waals surface area contributed by atoms with E-state index in [1.165, 1.54) is 0 Å². The monoisotopic (exact) mass is 413 g/mol. The van der Waals surface area contributed by atoms with Crippen molar-refractivity contribution < 1.29 is 9.53 Å². The first kappa shape index (κ1) is 21.6. The molecule has 1 amide bonds. The summed E-state index contributed by atoms with van der Waals surface area (Å²) in [5, 5.41) is 6.33. The quantitative estimate of drug-likeness (QED) is 0.776. The number of ether oxygens (including phenoxy) is 1. The van der Waals surface area contributed by atoms with E-state index in [9.17, 15) is 4.79 Å². The van der Waals surface area contributed by atoms with E-state index < -0.39 is 0 Å². The number of aromatic nitrogens is 1. The highest BCUT2D eigenvalue weighted by molar-refractivity contribution is 9.10. The Kier molecular flexibility index (Phi) is 10.2. The Hall–Kier alpha value is -0.400. The van der Waals surface area contributed by atoms with Gasteiger partial charge >= 0.3 is 0 Å². The molecule has 0 aromatic carbocycles. The van der Waals surface area contributed by atoms with Crippen LogP contribution in [0.15, 0.2) is 22.8 Å². The predicted molar refractivity (Wildman–Crippen MR) is 95.2 cm³/mol. The fraction of sp³-hybridized carbons (Fsp3) is 0.571. The number of halogens is 3. The zero-order valence-electron chi connectivity index (χ0n) is 12.4. The van der Waals surface area contributed by atoms with Gasteiger partial charge in [0.1, 0.15) is 5.69 Å². The van der Waals surface area contributed by atoms with Crippen molar-refractivity contribution in [3.05, 3.63) is 28.5 Å². The van der Waals surface area contributed by atoms with Crippen molar-refractivity contribution in [1.82, 2.24) is 15.6 Å². The minimum Gasteiger partial charge on any atom is -0.384 e. The fourth-order valence-electron chi connectivity index (χ4n) is 2.50. The summed E-state index contributed by atoms with van der Waals surface area (Å²) in [5.74, 6) is -0.133. The van der Waals surface area contributed by atoms with E-state index in [-0.39, 0.29) is 36.1 Å². The van der Waals surface area contributed by atoms with Gasteiger partial charge in [-0.15, -0.1) is 24.8 Å². The zero-order chi connectivity index (χ0) is 14.4. The van der Waals surface area contributed by atoms with Crippen LogP contribution in [0.25, 0.3) is 0 Å². The Morgan fingerprint density at radius 3 is 2.64 bits per heavy atom. The lowest BCUT2D eigenvalue weighted by molar-refractivity contribution is 0.0511. The third kappa shape index (κ3) is 6.01. The van der Waals surface area contributed by atoms with Crippen LogP contribution >= 0.6 is 40.7 Å². The molecule has 1 fully saturated rings. The Balaban J connectivity index is 0.00000220. The number of nitrogens with one attached hydrogen (secondary N) is 2. The van der Waals surface area contributed by atoms with Crippen molar-refractivity contribution in [3.63, 3.8) is 0 Å². The topological polar surface area (TPSA) is 63.2 Å². The molecule has 2 N–H and O–H groups in total. The highest BCUT2D eigenvalue weighted by Crippen LogP contribution is 2.28. The van der Waals surface area contributed by atoms with Gasteiger partial charge < -0.3 is 15.4 Å². The summed E-state index contributed by atoms with van der Waals surface area (Å²) >= 11 is 3.31.